The Balaban J connectivity index is 0.000000490. The van der Waals surface area contributed by atoms with Gasteiger partial charge >= 0.3 is 0 Å². The van der Waals surface area contributed by atoms with E-state index in [-0.39, 0.29) is 32.7 Å². The summed E-state index contributed by atoms with van der Waals surface area (Å²) in [7, 11) is 2.00. The summed E-state index contributed by atoms with van der Waals surface area (Å²) in [6.45, 7) is 0. The third-order valence-electron chi connectivity index (χ3n) is 0.865. The Morgan fingerprint density at radius 1 is 1.00 bits per heavy atom. The van der Waals surface area contributed by atoms with Crippen LogP contribution in [0.15, 0.2) is 30.6 Å². The minimum atomic E-state index is 0. The van der Waals surface area contributed by atoms with E-state index in [0.717, 1.165) is 0 Å². The molecule has 1 rings (SSSR count). The first-order valence-electron chi connectivity index (χ1n) is 2.30. The topological polar surface area (TPSA) is 3.88 Å². The molecule has 0 amide bonds. The van der Waals surface area contributed by atoms with Gasteiger partial charge in [-0.2, -0.15) is 0 Å². The predicted octanol–water partition coefficient (Wildman–Crippen LogP) is 0.509. The standard InChI is InChI=1S/C6H8N.Y/c1-7-5-3-2-4-6-7;/h2-6H,1H3;/q+1;. The molecule has 0 aliphatic rings. The average Bonchev–Trinajstić information content (AvgIpc) is 1.69. The average molecular weight is 183 g/mol. The molecular formula is C6H8NY+. The summed E-state index contributed by atoms with van der Waals surface area (Å²) in [6, 6.07) is 6.00. The molecule has 1 nitrogen and oxygen atoms in total. The van der Waals surface area contributed by atoms with Gasteiger partial charge in [-0.1, -0.05) is 6.07 Å². The molecule has 0 unspecified atom stereocenters. The molecule has 0 fully saturated rings. The fraction of sp³-hybridized carbons (Fsp3) is 0.167. The molecule has 0 atom stereocenters. The van der Waals surface area contributed by atoms with Crippen LogP contribution in [0.4, 0.5) is 0 Å². The van der Waals surface area contributed by atoms with Gasteiger partial charge in [0.05, 0.1) is 0 Å². The summed E-state index contributed by atoms with van der Waals surface area (Å²) in [5.41, 5.74) is 0. The van der Waals surface area contributed by atoms with E-state index >= 15 is 0 Å². The molecule has 1 aromatic heterocycles. The Hall–Kier alpha value is 0.254. The van der Waals surface area contributed by atoms with Crippen molar-refractivity contribution >= 4 is 0 Å². The fourth-order valence-electron chi connectivity index (χ4n) is 0.485. The molecule has 1 radical (unpaired) electrons. The van der Waals surface area contributed by atoms with Crippen LogP contribution in [0.1, 0.15) is 0 Å². The molecule has 0 saturated carbocycles. The van der Waals surface area contributed by atoms with Crippen LogP contribution in [0.3, 0.4) is 0 Å². The molecule has 1 heterocycles. The van der Waals surface area contributed by atoms with Gasteiger partial charge in [0.25, 0.3) is 0 Å². The zero-order valence-electron chi connectivity index (χ0n) is 4.91. The van der Waals surface area contributed by atoms with Gasteiger partial charge in [0.1, 0.15) is 7.05 Å². The first-order chi connectivity index (χ1) is 3.39. The van der Waals surface area contributed by atoms with Crippen molar-refractivity contribution in [3.05, 3.63) is 30.6 Å². The number of hydrogen-bond donors (Lipinski definition) is 0. The first kappa shape index (κ1) is 8.25. The molecule has 0 aliphatic heterocycles. The summed E-state index contributed by atoms with van der Waals surface area (Å²) in [5, 5.41) is 0. The summed E-state index contributed by atoms with van der Waals surface area (Å²) in [6.07, 6.45) is 4.00. The SMILES string of the molecule is C[n+]1ccccc1.[Y]. The van der Waals surface area contributed by atoms with Crippen molar-refractivity contribution in [2.45, 2.75) is 0 Å². The van der Waals surface area contributed by atoms with Crippen LogP contribution in [-0.2, 0) is 39.8 Å². The van der Waals surface area contributed by atoms with E-state index in [1.165, 1.54) is 0 Å². The van der Waals surface area contributed by atoms with Gasteiger partial charge in [-0.05, 0) is 0 Å². The maximum Gasteiger partial charge on any atom is 0.168 e. The van der Waals surface area contributed by atoms with Crippen LogP contribution in [0.25, 0.3) is 0 Å². The van der Waals surface area contributed by atoms with Crippen molar-refractivity contribution in [3.63, 3.8) is 0 Å². The molecule has 0 saturated heterocycles. The molecule has 2 heteroatoms. The molecule has 0 N–H and O–H groups in total. The maximum absolute atomic E-state index is 2.00. The van der Waals surface area contributed by atoms with E-state index in [4.69, 9.17) is 0 Å². The third kappa shape index (κ3) is 2.53. The summed E-state index contributed by atoms with van der Waals surface area (Å²) >= 11 is 0. The van der Waals surface area contributed by atoms with Crippen molar-refractivity contribution in [2.75, 3.05) is 0 Å². The van der Waals surface area contributed by atoms with E-state index < -0.39 is 0 Å². The van der Waals surface area contributed by atoms with Gasteiger partial charge in [-0.15, -0.1) is 0 Å². The van der Waals surface area contributed by atoms with Crippen molar-refractivity contribution in [1.82, 2.24) is 0 Å². The van der Waals surface area contributed by atoms with Crippen LogP contribution in [0, 0.1) is 0 Å². The normalized spacial score (nSPS) is 7.62. The molecule has 0 bridgehead atoms. The van der Waals surface area contributed by atoms with E-state index in [1.54, 1.807) is 0 Å². The van der Waals surface area contributed by atoms with Crippen LogP contribution < -0.4 is 4.57 Å². The van der Waals surface area contributed by atoms with Crippen LogP contribution in [-0.4, -0.2) is 0 Å². The Labute approximate surface area is 74.6 Å². The van der Waals surface area contributed by atoms with E-state index in [2.05, 4.69) is 0 Å². The number of aryl methyl sites for hydroxylation is 1. The zero-order chi connectivity index (χ0) is 5.11. The Morgan fingerprint density at radius 3 is 1.75 bits per heavy atom. The second-order valence-electron chi connectivity index (χ2n) is 1.54. The quantitative estimate of drug-likeness (QED) is 0.516. The number of aromatic nitrogens is 1. The number of rotatable bonds is 0. The molecule has 0 spiro atoms. The van der Waals surface area contributed by atoms with Gasteiger partial charge in [0, 0.05) is 44.8 Å². The minimum Gasteiger partial charge on any atom is -0.208 e. The number of nitrogens with zero attached hydrogens (tertiary/aromatic N) is 1. The van der Waals surface area contributed by atoms with Gasteiger partial charge in [-0.3, -0.25) is 0 Å². The van der Waals surface area contributed by atoms with Gasteiger partial charge in [0.15, 0.2) is 12.4 Å². The summed E-state index contributed by atoms with van der Waals surface area (Å²) in [4.78, 5) is 0. The minimum absolute atomic E-state index is 0. The second kappa shape index (κ2) is 4.16. The fourth-order valence-corrected chi connectivity index (χ4v) is 0.485. The number of pyridine rings is 1. The van der Waals surface area contributed by atoms with Crippen LogP contribution >= 0.6 is 0 Å². The molecular weight excluding hydrogens is 175 g/mol. The van der Waals surface area contributed by atoms with Crippen molar-refractivity contribution in [3.8, 4) is 0 Å². The van der Waals surface area contributed by atoms with Crippen molar-refractivity contribution in [2.24, 2.45) is 7.05 Å². The van der Waals surface area contributed by atoms with Gasteiger partial charge in [0.2, 0.25) is 0 Å². The largest absolute Gasteiger partial charge is 0.208 e. The second-order valence-corrected chi connectivity index (χ2v) is 1.54. The molecule has 1 aromatic rings. The van der Waals surface area contributed by atoms with Crippen LogP contribution in [0.2, 0.25) is 0 Å². The zero-order valence-corrected chi connectivity index (χ0v) is 7.75. The van der Waals surface area contributed by atoms with Gasteiger partial charge in [-0.25, -0.2) is 4.57 Å². The van der Waals surface area contributed by atoms with Gasteiger partial charge < -0.3 is 0 Å². The van der Waals surface area contributed by atoms with Crippen LogP contribution in [0.5, 0.6) is 0 Å². The summed E-state index contributed by atoms with van der Waals surface area (Å²) in [5.74, 6) is 0. The Bertz CT molecular complexity index is 138. The number of hydrogen-bond acceptors (Lipinski definition) is 0. The first-order valence-corrected chi connectivity index (χ1v) is 2.30. The summed E-state index contributed by atoms with van der Waals surface area (Å²) < 4.78 is 2.00. The maximum atomic E-state index is 2.00. The molecule has 8 heavy (non-hydrogen) atoms. The molecule has 0 aromatic carbocycles. The molecule has 39 valence electrons. The Morgan fingerprint density at radius 2 is 1.50 bits per heavy atom. The van der Waals surface area contributed by atoms with E-state index in [1.807, 2.05) is 42.2 Å². The third-order valence-corrected chi connectivity index (χ3v) is 0.865. The van der Waals surface area contributed by atoms with E-state index in [0.29, 0.717) is 0 Å². The molecule has 0 aliphatic carbocycles. The van der Waals surface area contributed by atoms with Crippen molar-refractivity contribution in [1.29, 1.82) is 0 Å². The van der Waals surface area contributed by atoms with E-state index in [9.17, 15) is 0 Å². The predicted molar refractivity (Wildman–Crippen MR) is 27.6 cm³/mol. The smallest absolute Gasteiger partial charge is 0.168 e. The Kier molecular flexibility index (Phi) is 4.30. The monoisotopic (exact) mass is 183 g/mol. The van der Waals surface area contributed by atoms with Crippen molar-refractivity contribution < 1.29 is 37.3 Å².